The van der Waals surface area contributed by atoms with Crippen LogP contribution in [-0.2, 0) is 0 Å². The zero-order valence-electron chi connectivity index (χ0n) is 14.9. The second-order valence-corrected chi connectivity index (χ2v) is 5.53. The molecule has 1 aromatic heterocycles. The Hall–Kier alpha value is -1.09. The van der Waals surface area contributed by atoms with Crippen LogP contribution in [0.15, 0.2) is 6.07 Å². The van der Waals surface area contributed by atoms with Gasteiger partial charge in [-0.3, -0.25) is 4.79 Å². The van der Waals surface area contributed by atoms with Crippen LogP contribution in [0.2, 0.25) is 5.15 Å². The first-order valence-corrected chi connectivity index (χ1v) is 8.88. The average molecular weight is 327 g/mol. The van der Waals surface area contributed by atoms with E-state index in [4.69, 9.17) is 11.6 Å². The van der Waals surface area contributed by atoms with Crippen molar-refractivity contribution in [3.63, 3.8) is 0 Å². The van der Waals surface area contributed by atoms with Gasteiger partial charge < -0.3 is 5.32 Å². The first-order chi connectivity index (χ1) is 10.5. The maximum Gasteiger partial charge on any atom is 0.167 e. The van der Waals surface area contributed by atoms with E-state index in [0.29, 0.717) is 23.2 Å². The summed E-state index contributed by atoms with van der Waals surface area (Å²) in [5.41, 5.74) is 2.20. The molecule has 0 atom stereocenters. The fourth-order valence-electron chi connectivity index (χ4n) is 2.40. The minimum atomic E-state index is 0.0387. The van der Waals surface area contributed by atoms with Crippen LogP contribution in [0, 0.1) is 6.92 Å². The first-order valence-electron chi connectivity index (χ1n) is 8.50. The van der Waals surface area contributed by atoms with Gasteiger partial charge in [0.25, 0.3) is 0 Å². The summed E-state index contributed by atoms with van der Waals surface area (Å²) in [5, 5.41) is 3.81. The number of anilines is 1. The number of carbonyl (C=O) groups excluding carboxylic acids is 1. The lowest BCUT2D eigenvalue weighted by Crippen LogP contribution is -2.21. The Labute approximate surface area is 140 Å². The van der Waals surface area contributed by atoms with Crippen LogP contribution >= 0.6 is 11.6 Å². The molecule has 0 bridgehead atoms. The molecule has 0 unspecified atom stereocenters. The highest BCUT2D eigenvalue weighted by atomic mass is 35.5. The van der Waals surface area contributed by atoms with Crippen LogP contribution in [0.25, 0.3) is 0 Å². The van der Waals surface area contributed by atoms with E-state index in [0.717, 1.165) is 37.1 Å². The van der Waals surface area contributed by atoms with Crippen LogP contribution in [0.4, 0.5) is 5.69 Å². The molecule has 0 amide bonds. The molecular weight excluding hydrogens is 296 g/mol. The molecule has 4 heteroatoms. The molecule has 0 spiro atoms. The molecule has 1 aromatic rings. The fraction of sp³-hybridized carbons (Fsp3) is 0.667. The molecule has 0 radical (unpaired) electrons. The highest BCUT2D eigenvalue weighted by Gasteiger charge is 2.18. The molecule has 0 saturated carbocycles. The van der Waals surface area contributed by atoms with Crippen molar-refractivity contribution in [3.8, 4) is 0 Å². The van der Waals surface area contributed by atoms with Gasteiger partial charge in [-0.25, -0.2) is 4.98 Å². The van der Waals surface area contributed by atoms with Gasteiger partial charge in [0.05, 0.1) is 11.3 Å². The van der Waals surface area contributed by atoms with Gasteiger partial charge in [0, 0.05) is 18.2 Å². The maximum absolute atomic E-state index is 12.1. The van der Waals surface area contributed by atoms with Crippen molar-refractivity contribution >= 4 is 23.1 Å². The molecule has 0 aliphatic rings. The molecule has 1 heterocycles. The minimum Gasteiger partial charge on any atom is -0.382 e. The standard InChI is InChI=1S/C16H25ClN2O.C2H6/c1-5-8-12(9-6-2)19-13-10-11(4)18-16(17)15(13)14(20)7-3;1-2/h10,12H,5-9H2,1-4H3,(H,18,19);1-2H3. The summed E-state index contributed by atoms with van der Waals surface area (Å²) in [7, 11) is 0. The number of hydrogen-bond acceptors (Lipinski definition) is 3. The van der Waals surface area contributed by atoms with E-state index in [1.165, 1.54) is 0 Å². The Balaban J connectivity index is 0.00000211. The van der Waals surface area contributed by atoms with E-state index < -0.39 is 0 Å². The number of aryl methyl sites for hydroxylation is 1. The molecule has 126 valence electrons. The fourth-order valence-corrected chi connectivity index (χ4v) is 2.74. The lowest BCUT2D eigenvalue weighted by Gasteiger charge is -2.21. The Bertz CT molecular complexity index is 455. The summed E-state index contributed by atoms with van der Waals surface area (Å²) in [6.45, 7) is 12.1. The van der Waals surface area contributed by atoms with Crippen molar-refractivity contribution in [3.05, 3.63) is 22.5 Å². The summed E-state index contributed by atoms with van der Waals surface area (Å²) >= 11 is 6.17. The van der Waals surface area contributed by atoms with Crippen LogP contribution in [0.5, 0.6) is 0 Å². The SMILES string of the molecule is CC.CCCC(CCC)Nc1cc(C)nc(Cl)c1C(=O)CC. The van der Waals surface area contributed by atoms with Crippen molar-refractivity contribution in [2.45, 2.75) is 79.7 Å². The topological polar surface area (TPSA) is 42.0 Å². The Morgan fingerprint density at radius 1 is 1.23 bits per heavy atom. The minimum absolute atomic E-state index is 0.0387. The second kappa shape index (κ2) is 11.5. The third-order valence-corrected chi connectivity index (χ3v) is 3.61. The number of aromatic nitrogens is 1. The zero-order valence-corrected chi connectivity index (χ0v) is 15.7. The molecule has 3 nitrogen and oxygen atoms in total. The normalized spacial score (nSPS) is 10.2. The number of rotatable bonds is 8. The van der Waals surface area contributed by atoms with Gasteiger partial charge in [-0.05, 0) is 25.8 Å². The lowest BCUT2D eigenvalue weighted by atomic mass is 10.0. The molecule has 1 rings (SSSR count). The molecule has 22 heavy (non-hydrogen) atoms. The number of ketones is 1. The first kappa shape index (κ1) is 20.9. The van der Waals surface area contributed by atoms with Crippen molar-refractivity contribution in [2.24, 2.45) is 0 Å². The van der Waals surface area contributed by atoms with Gasteiger partial charge in [0.2, 0.25) is 0 Å². The summed E-state index contributed by atoms with van der Waals surface area (Å²) < 4.78 is 0. The van der Waals surface area contributed by atoms with Gasteiger partial charge in [0.15, 0.2) is 5.78 Å². The molecule has 0 aliphatic carbocycles. The predicted molar refractivity (Wildman–Crippen MR) is 97.2 cm³/mol. The summed E-state index contributed by atoms with van der Waals surface area (Å²) in [4.78, 5) is 16.3. The molecule has 0 fully saturated rings. The van der Waals surface area contributed by atoms with Gasteiger partial charge in [-0.1, -0.05) is 59.1 Å². The van der Waals surface area contributed by atoms with Gasteiger partial charge in [-0.15, -0.1) is 0 Å². The number of halogens is 1. The highest BCUT2D eigenvalue weighted by Crippen LogP contribution is 2.27. The van der Waals surface area contributed by atoms with Crippen molar-refractivity contribution in [1.29, 1.82) is 0 Å². The lowest BCUT2D eigenvalue weighted by molar-refractivity contribution is 0.0988. The monoisotopic (exact) mass is 326 g/mol. The third kappa shape index (κ3) is 6.35. The number of pyridine rings is 1. The number of carbonyl (C=O) groups is 1. The quantitative estimate of drug-likeness (QED) is 0.467. The molecule has 0 aromatic carbocycles. The van der Waals surface area contributed by atoms with E-state index in [1.807, 2.05) is 33.8 Å². The van der Waals surface area contributed by atoms with E-state index in [-0.39, 0.29) is 5.78 Å². The van der Waals surface area contributed by atoms with Crippen LogP contribution in [0.1, 0.15) is 82.8 Å². The van der Waals surface area contributed by atoms with Gasteiger partial charge >= 0.3 is 0 Å². The Kier molecular flexibility index (Phi) is 10.9. The van der Waals surface area contributed by atoms with Crippen molar-refractivity contribution in [2.75, 3.05) is 5.32 Å². The third-order valence-electron chi connectivity index (χ3n) is 3.34. The molecule has 0 aliphatic heterocycles. The predicted octanol–water partition coefficient (Wildman–Crippen LogP) is 6.04. The van der Waals surface area contributed by atoms with E-state index in [9.17, 15) is 4.79 Å². The molecular formula is C18H31ClN2O. The summed E-state index contributed by atoms with van der Waals surface area (Å²) in [6, 6.07) is 2.30. The van der Waals surface area contributed by atoms with E-state index >= 15 is 0 Å². The maximum atomic E-state index is 12.1. The highest BCUT2D eigenvalue weighted by molar-refractivity contribution is 6.33. The zero-order chi connectivity index (χ0) is 17.1. The van der Waals surface area contributed by atoms with Gasteiger partial charge in [0.1, 0.15) is 5.15 Å². The smallest absolute Gasteiger partial charge is 0.167 e. The average Bonchev–Trinajstić information content (AvgIpc) is 2.48. The van der Waals surface area contributed by atoms with Crippen LogP contribution < -0.4 is 5.32 Å². The van der Waals surface area contributed by atoms with Crippen LogP contribution in [0.3, 0.4) is 0 Å². The van der Waals surface area contributed by atoms with E-state index in [1.54, 1.807) is 0 Å². The molecule has 1 N–H and O–H groups in total. The Morgan fingerprint density at radius 2 is 1.77 bits per heavy atom. The van der Waals surface area contributed by atoms with Crippen molar-refractivity contribution in [1.82, 2.24) is 4.98 Å². The molecule has 0 saturated heterocycles. The van der Waals surface area contributed by atoms with Crippen LogP contribution in [-0.4, -0.2) is 16.8 Å². The number of Topliss-reactive ketones (excluding diaryl/α,β-unsaturated/α-hetero) is 1. The second-order valence-electron chi connectivity index (χ2n) is 5.17. The van der Waals surface area contributed by atoms with E-state index in [2.05, 4.69) is 24.1 Å². The number of nitrogens with one attached hydrogen (secondary N) is 1. The van der Waals surface area contributed by atoms with Gasteiger partial charge in [-0.2, -0.15) is 0 Å². The largest absolute Gasteiger partial charge is 0.382 e. The Morgan fingerprint density at radius 3 is 2.23 bits per heavy atom. The van der Waals surface area contributed by atoms with Crippen molar-refractivity contribution < 1.29 is 4.79 Å². The number of hydrogen-bond donors (Lipinski definition) is 1. The summed E-state index contributed by atoms with van der Waals surface area (Å²) in [5.74, 6) is 0.0387. The number of nitrogens with zero attached hydrogens (tertiary/aromatic N) is 1. The summed E-state index contributed by atoms with van der Waals surface area (Å²) in [6.07, 6.45) is 4.85.